The van der Waals surface area contributed by atoms with Gasteiger partial charge in [0, 0.05) is 5.56 Å². The van der Waals surface area contributed by atoms with Crippen molar-refractivity contribution < 1.29 is 4.74 Å². The summed E-state index contributed by atoms with van der Waals surface area (Å²) in [5.74, 6) is 0.910. The lowest BCUT2D eigenvalue weighted by Gasteiger charge is -2.06. The van der Waals surface area contributed by atoms with Crippen LogP contribution in [0.5, 0.6) is 5.75 Å². The van der Waals surface area contributed by atoms with E-state index in [4.69, 9.17) is 17.0 Å². The quantitative estimate of drug-likeness (QED) is 0.841. The van der Waals surface area contributed by atoms with E-state index in [1.54, 1.807) is 12.4 Å². The molecule has 0 aliphatic heterocycles. The fraction of sp³-hybridized carbons (Fsp3) is 0.231. The molecule has 0 radical (unpaired) electrons. The normalized spacial score (nSPS) is 14.6. The Morgan fingerprint density at radius 1 is 1.29 bits per heavy atom. The molecular weight excluding hydrogens is 232 g/mol. The molecule has 1 saturated carbocycles. The van der Waals surface area contributed by atoms with Crippen LogP contribution < -0.4 is 4.74 Å². The zero-order valence-electron chi connectivity index (χ0n) is 9.22. The number of ether oxygens (including phenoxy) is 1. The fourth-order valence-corrected chi connectivity index (χ4v) is 1.81. The molecule has 0 amide bonds. The highest BCUT2D eigenvalue weighted by atomic mass is 32.1. The highest BCUT2D eigenvalue weighted by molar-refractivity contribution is 7.71. The van der Waals surface area contributed by atoms with Crippen LogP contribution in [0.1, 0.15) is 12.8 Å². The zero-order valence-corrected chi connectivity index (χ0v) is 10.0. The minimum Gasteiger partial charge on any atom is -0.490 e. The average Bonchev–Trinajstić information content (AvgIpc) is 3.13. The first-order valence-corrected chi connectivity index (χ1v) is 6.03. The van der Waals surface area contributed by atoms with E-state index >= 15 is 0 Å². The minimum atomic E-state index is 0.414. The smallest absolute Gasteiger partial charge is 0.122 e. The predicted molar refractivity (Wildman–Crippen MR) is 68.5 cm³/mol. The zero-order chi connectivity index (χ0) is 11.7. The van der Waals surface area contributed by atoms with Crippen molar-refractivity contribution >= 4 is 12.2 Å². The second-order valence-electron chi connectivity index (χ2n) is 4.16. The average molecular weight is 244 g/mol. The maximum absolute atomic E-state index is 5.76. The van der Waals surface area contributed by atoms with E-state index in [2.05, 4.69) is 9.97 Å². The van der Waals surface area contributed by atoms with E-state index in [9.17, 15) is 0 Å². The van der Waals surface area contributed by atoms with Crippen LogP contribution in [-0.2, 0) is 0 Å². The third kappa shape index (κ3) is 2.53. The number of hydrogen-bond acceptors (Lipinski definition) is 3. The van der Waals surface area contributed by atoms with Crippen molar-refractivity contribution in [1.29, 1.82) is 0 Å². The van der Waals surface area contributed by atoms with Crippen LogP contribution in [0.4, 0.5) is 0 Å². The standard InChI is InChI=1S/C13H12N2OS/c17-13-8-14-7-12(15-13)9-2-1-3-11(6-9)16-10-4-5-10/h1-3,6-8,10H,4-5H2,(H,15,17). The fourth-order valence-electron chi connectivity index (χ4n) is 1.64. The van der Waals surface area contributed by atoms with Gasteiger partial charge in [-0.25, -0.2) is 0 Å². The number of nitrogens with one attached hydrogen (secondary N) is 1. The van der Waals surface area contributed by atoms with Gasteiger partial charge in [0.15, 0.2) is 0 Å². The Hall–Kier alpha value is -1.68. The summed E-state index contributed by atoms with van der Waals surface area (Å²) in [5, 5.41) is 0. The van der Waals surface area contributed by atoms with E-state index in [1.807, 2.05) is 24.3 Å². The summed E-state index contributed by atoms with van der Waals surface area (Å²) in [6.07, 6.45) is 6.15. The van der Waals surface area contributed by atoms with Crippen molar-refractivity contribution in [3.63, 3.8) is 0 Å². The van der Waals surface area contributed by atoms with Gasteiger partial charge >= 0.3 is 0 Å². The highest BCUT2D eigenvalue weighted by Crippen LogP contribution is 2.29. The van der Waals surface area contributed by atoms with Gasteiger partial charge in [-0.2, -0.15) is 0 Å². The lowest BCUT2D eigenvalue weighted by molar-refractivity contribution is 0.303. The Kier molecular flexibility index (Phi) is 2.65. The molecule has 3 nitrogen and oxygen atoms in total. The van der Waals surface area contributed by atoms with E-state index in [-0.39, 0.29) is 0 Å². The summed E-state index contributed by atoms with van der Waals surface area (Å²) in [4.78, 5) is 7.20. The van der Waals surface area contributed by atoms with E-state index in [0.717, 1.165) is 17.0 Å². The summed E-state index contributed by atoms with van der Waals surface area (Å²) < 4.78 is 6.39. The van der Waals surface area contributed by atoms with Crippen LogP contribution in [0.15, 0.2) is 36.7 Å². The van der Waals surface area contributed by atoms with Crippen LogP contribution in [-0.4, -0.2) is 16.1 Å². The van der Waals surface area contributed by atoms with Crippen LogP contribution in [0.3, 0.4) is 0 Å². The molecule has 0 saturated heterocycles. The molecule has 1 heterocycles. The lowest BCUT2D eigenvalue weighted by atomic mass is 10.1. The molecule has 0 bridgehead atoms. The van der Waals surface area contributed by atoms with Crippen LogP contribution >= 0.6 is 12.2 Å². The Morgan fingerprint density at radius 3 is 2.94 bits per heavy atom. The number of aromatic nitrogens is 2. The lowest BCUT2D eigenvalue weighted by Crippen LogP contribution is -1.96. The molecule has 0 atom stereocenters. The number of nitrogens with zero attached hydrogens (tertiary/aromatic N) is 1. The van der Waals surface area contributed by atoms with Gasteiger partial charge < -0.3 is 9.72 Å². The molecule has 1 aliphatic rings. The van der Waals surface area contributed by atoms with Crippen molar-refractivity contribution in [2.75, 3.05) is 0 Å². The molecule has 3 rings (SSSR count). The van der Waals surface area contributed by atoms with Gasteiger partial charge in [-0.3, -0.25) is 4.98 Å². The molecule has 1 aromatic carbocycles. The number of benzene rings is 1. The topological polar surface area (TPSA) is 37.9 Å². The SMILES string of the molecule is S=c1cncc(-c2cccc(OC3CC3)c2)[nH]1. The Balaban J connectivity index is 1.93. The minimum absolute atomic E-state index is 0.414. The molecule has 86 valence electrons. The highest BCUT2D eigenvalue weighted by Gasteiger charge is 2.23. The molecule has 0 unspecified atom stereocenters. The maximum Gasteiger partial charge on any atom is 0.122 e. The van der Waals surface area contributed by atoms with Crippen molar-refractivity contribution in [1.82, 2.24) is 9.97 Å². The summed E-state index contributed by atoms with van der Waals surface area (Å²) in [5.41, 5.74) is 1.96. The molecule has 1 aromatic heterocycles. The molecule has 2 aromatic rings. The Morgan fingerprint density at radius 2 is 2.18 bits per heavy atom. The summed E-state index contributed by atoms with van der Waals surface area (Å²) in [6, 6.07) is 7.99. The van der Waals surface area contributed by atoms with E-state index < -0.39 is 0 Å². The molecule has 17 heavy (non-hydrogen) atoms. The number of hydrogen-bond donors (Lipinski definition) is 1. The van der Waals surface area contributed by atoms with E-state index in [1.165, 1.54) is 12.8 Å². The van der Waals surface area contributed by atoms with Gasteiger partial charge in [-0.1, -0.05) is 24.4 Å². The molecule has 4 heteroatoms. The van der Waals surface area contributed by atoms with Crippen LogP contribution in [0.25, 0.3) is 11.3 Å². The first-order valence-electron chi connectivity index (χ1n) is 5.63. The van der Waals surface area contributed by atoms with Gasteiger partial charge in [-0.15, -0.1) is 0 Å². The Bertz CT molecular complexity index is 590. The van der Waals surface area contributed by atoms with Crippen molar-refractivity contribution in [2.24, 2.45) is 0 Å². The van der Waals surface area contributed by atoms with Gasteiger partial charge in [0.2, 0.25) is 0 Å². The van der Waals surface area contributed by atoms with Gasteiger partial charge in [-0.05, 0) is 25.0 Å². The molecule has 1 N–H and O–H groups in total. The van der Waals surface area contributed by atoms with Gasteiger partial charge in [0.1, 0.15) is 10.4 Å². The molecular formula is C13H12N2OS. The third-order valence-electron chi connectivity index (χ3n) is 2.63. The maximum atomic E-state index is 5.76. The van der Waals surface area contributed by atoms with Gasteiger partial charge in [0.05, 0.1) is 24.2 Å². The predicted octanol–water partition coefficient (Wildman–Crippen LogP) is 3.35. The van der Waals surface area contributed by atoms with Gasteiger partial charge in [0.25, 0.3) is 0 Å². The number of rotatable bonds is 3. The van der Waals surface area contributed by atoms with E-state index in [0.29, 0.717) is 10.7 Å². The van der Waals surface area contributed by atoms with Crippen LogP contribution in [0, 0.1) is 4.64 Å². The van der Waals surface area contributed by atoms with Crippen molar-refractivity contribution in [3.05, 3.63) is 41.3 Å². The van der Waals surface area contributed by atoms with Crippen LogP contribution in [0.2, 0.25) is 0 Å². The second-order valence-corrected chi connectivity index (χ2v) is 4.60. The first-order chi connectivity index (χ1) is 8.31. The molecule has 1 aliphatic carbocycles. The second kappa shape index (κ2) is 4.30. The number of aromatic amines is 1. The third-order valence-corrected chi connectivity index (χ3v) is 2.83. The monoisotopic (exact) mass is 244 g/mol. The summed E-state index contributed by atoms with van der Waals surface area (Å²) >= 11 is 5.06. The summed E-state index contributed by atoms with van der Waals surface area (Å²) in [7, 11) is 0. The number of H-pyrrole nitrogens is 1. The van der Waals surface area contributed by atoms with Crippen molar-refractivity contribution in [3.8, 4) is 17.0 Å². The molecule has 1 fully saturated rings. The first kappa shape index (κ1) is 10.5. The molecule has 0 spiro atoms. The summed E-state index contributed by atoms with van der Waals surface area (Å²) in [6.45, 7) is 0. The van der Waals surface area contributed by atoms with Crippen molar-refractivity contribution in [2.45, 2.75) is 18.9 Å². The largest absolute Gasteiger partial charge is 0.490 e. The Labute approximate surface area is 104 Å².